The van der Waals surface area contributed by atoms with Crippen LogP contribution in [0.15, 0.2) is 41.2 Å². The maximum absolute atomic E-state index is 15.0. The number of fused-ring (bicyclic) bond motifs is 1. The lowest BCUT2D eigenvalue weighted by molar-refractivity contribution is -0.117. The fraction of sp³-hybridized carbons (Fsp3) is 0.414. The molecule has 2 aliphatic heterocycles. The summed E-state index contributed by atoms with van der Waals surface area (Å²) in [5.74, 6) is 2.43. The summed E-state index contributed by atoms with van der Waals surface area (Å²) in [7, 11) is 0. The van der Waals surface area contributed by atoms with Gasteiger partial charge in [-0.2, -0.15) is 4.98 Å². The van der Waals surface area contributed by atoms with E-state index in [0.717, 1.165) is 72.9 Å². The Morgan fingerprint density at radius 3 is 2.55 bits per heavy atom. The number of anilines is 2. The molecule has 8 nitrogen and oxygen atoms in total. The van der Waals surface area contributed by atoms with E-state index in [1.807, 2.05) is 43.9 Å². The molecule has 2 saturated heterocycles. The van der Waals surface area contributed by atoms with E-state index in [0.29, 0.717) is 23.2 Å². The molecule has 2 aromatic heterocycles. The van der Waals surface area contributed by atoms with Crippen molar-refractivity contribution in [3.63, 3.8) is 0 Å². The molecule has 0 radical (unpaired) electrons. The van der Waals surface area contributed by atoms with Gasteiger partial charge in [0.2, 0.25) is 11.8 Å². The molecule has 2 aliphatic rings. The molecule has 0 saturated carbocycles. The van der Waals surface area contributed by atoms with Crippen molar-refractivity contribution in [2.45, 2.75) is 58.3 Å². The molecular formula is C29H31FN6O2. The highest BCUT2D eigenvalue weighted by atomic mass is 19.1. The van der Waals surface area contributed by atoms with Crippen molar-refractivity contribution in [2.24, 2.45) is 0 Å². The highest BCUT2D eigenvalue weighted by molar-refractivity contribution is 6.01. The Kier molecular flexibility index (Phi) is 6.29. The van der Waals surface area contributed by atoms with Crippen LogP contribution in [-0.4, -0.2) is 45.7 Å². The van der Waals surface area contributed by atoms with Crippen LogP contribution in [-0.2, 0) is 4.79 Å². The predicted molar refractivity (Wildman–Crippen MR) is 144 cm³/mol. The minimum atomic E-state index is -0.329. The van der Waals surface area contributed by atoms with Crippen LogP contribution < -0.4 is 9.80 Å². The van der Waals surface area contributed by atoms with Crippen molar-refractivity contribution in [1.29, 1.82) is 0 Å². The molecule has 6 rings (SSSR count). The van der Waals surface area contributed by atoms with Gasteiger partial charge in [0.1, 0.15) is 18.0 Å². The molecule has 9 heteroatoms. The average Bonchev–Trinajstić information content (AvgIpc) is 3.58. The van der Waals surface area contributed by atoms with E-state index in [-0.39, 0.29) is 23.6 Å². The van der Waals surface area contributed by atoms with Crippen LogP contribution in [0.3, 0.4) is 0 Å². The zero-order valence-electron chi connectivity index (χ0n) is 21.9. The zero-order valence-corrected chi connectivity index (χ0v) is 21.9. The summed E-state index contributed by atoms with van der Waals surface area (Å²) in [6.07, 6.45) is 4.74. The van der Waals surface area contributed by atoms with Crippen LogP contribution >= 0.6 is 0 Å². The highest BCUT2D eigenvalue weighted by Gasteiger charge is 2.27. The fourth-order valence-corrected chi connectivity index (χ4v) is 5.61. The number of amides is 1. The van der Waals surface area contributed by atoms with Crippen molar-refractivity contribution in [3.05, 3.63) is 59.8 Å². The van der Waals surface area contributed by atoms with Gasteiger partial charge in [0.15, 0.2) is 5.82 Å². The molecule has 38 heavy (non-hydrogen) atoms. The van der Waals surface area contributed by atoms with Crippen molar-refractivity contribution >= 4 is 28.3 Å². The Bertz CT molecular complexity index is 1510. The maximum Gasteiger partial charge on any atom is 0.229 e. The number of carbonyl (C=O) groups is 1. The normalized spacial score (nSPS) is 16.8. The van der Waals surface area contributed by atoms with E-state index < -0.39 is 0 Å². The minimum Gasteiger partial charge on any atom is -0.356 e. The molecule has 0 aliphatic carbocycles. The van der Waals surface area contributed by atoms with Crippen LogP contribution in [0.2, 0.25) is 0 Å². The number of piperidine rings is 1. The summed E-state index contributed by atoms with van der Waals surface area (Å²) in [5, 5.41) is 4.90. The second-order valence-corrected chi connectivity index (χ2v) is 10.6. The summed E-state index contributed by atoms with van der Waals surface area (Å²) in [4.78, 5) is 30.0. The molecule has 0 unspecified atom stereocenters. The van der Waals surface area contributed by atoms with Crippen LogP contribution in [0.25, 0.3) is 22.0 Å². The molecule has 0 atom stereocenters. The SMILES string of the molecule is Cc1cc(N2CCCC2=O)ccc1-c1cc(F)cc2c(N3CCC(c4noc(C(C)C)n4)CC3)ncnc12. The van der Waals surface area contributed by atoms with Gasteiger partial charge in [-0.05, 0) is 61.6 Å². The van der Waals surface area contributed by atoms with Gasteiger partial charge >= 0.3 is 0 Å². The van der Waals surface area contributed by atoms with E-state index >= 15 is 4.39 Å². The Morgan fingerprint density at radius 1 is 1.05 bits per heavy atom. The first-order valence-corrected chi connectivity index (χ1v) is 13.3. The van der Waals surface area contributed by atoms with Gasteiger partial charge in [0.05, 0.1) is 5.52 Å². The van der Waals surface area contributed by atoms with Gasteiger partial charge in [-0.25, -0.2) is 14.4 Å². The van der Waals surface area contributed by atoms with Gasteiger partial charge < -0.3 is 14.3 Å². The summed E-state index contributed by atoms with van der Waals surface area (Å²) < 4.78 is 20.4. The summed E-state index contributed by atoms with van der Waals surface area (Å²) in [6.45, 7) is 8.32. The molecular weight excluding hydrogens is 483 g/mol. The maximum atomic E-state index is 15.0. The number of hydrogen-bond acceptors (Lipinski definition) is 7. The third-order valence-corrected chi connectivity index (χ3v) is 7.68. The molecule has 196 valence electrons. The second-order valence-electron chi connectivity index (χ2n) is 10.6. The third kappa shape index (κ3) is 4.40. The molecule has 2 fully saturated rings. The fourth-order valence-electron chi connectivity index (χ4n) is 5.61. The zero-order chi connectivity index (χ0) is 26.4. The topological polar surface area (TPSA) is 88.3 Å². The van der Waals surface area contributed by atoms with E-state index in [2.05, 4.69) is 25.0 Å². The first kappa shape index (κ1) is 24.5. The minimum absolute atomic E-state index is 0.147. The second kappa shape index (κ2) is 9.78. The number of aromatic nitrogens is 4. The molecule has 0 spiro atoms. The van der Waals surface area contributed by atoms with E-state index in [1.165, 1.54) is 12.1 Å². The van der Waals surface area contributed by atoms with Crippen molar-refractivity contribution in [1.82, 2.24) is 20.1 Å². The molecule has 1 amide bonds. The lowest BCUT2D eigenvalue weighted by Gasteiger charge is -2.32. The smallest absolute Gasteiger partial charge is 0.229 e. The van der Waals surface area contributed by atoms with Crippen LogP contribution in [0.4, 0.5) is 15.9 Å². The number of hydrogen-bond donors (Lipinski definition) is 0. The van der Waals surface area contributed by atoms with Crippen molar-refractivity contribution in [2.75, 3.05) is 29.4 Å². The number of rotatable bonds is 5. The largest absolute Gasteiger partial charge is 0.356 e. The summed E-state index contributed by atoms with van der Waals surface area (Å²) in [6, 6.07) is 8.98. The number of halogens is 1. The van der Waals surface area contributed by atoms with Crippen LogP contribution in [0.1, 0.15) is 68.6 Å². The van der Waals surface area contributed by atoms with Gasteiger partial charge in [0.25, 0.3) is 0 Å². The lowest BCUT2D eigenvalue weighted by Crippen LogP contribution is -2.34. The number of aryl methyl sites for hydroxylation is 1. The third-order valence-electron chi connectivity index (χ3n) is 7.68. The molecule has 4 heterocycles. The molecule has 4 aromatic rings. The number of carbonyl (C=O) groups excluding carboxylic acids is 1. The van der Waals surface area contributed by atoms with Gasteiger partial charge in [-0.1, -0.05) is 25.1 Å². The van der Waals surface area contributed by atoms with Crippen molar-refractivity contribution in [3.8, 4) is 11.1 Å². The van der Waals surface area contributed by atoms with E-state index in [1.54, 1.807) is 6.33 Å². The van der Waals surface area contributed by atoms with Crippen molar-refractivity contribution < 1.29 is 13.7 Å². The Labute approximate surface area is 220 Å². The van der Waals surface area contributed by atoms with Gasteiger partial charge in [-0.15, -0.1) is 0 Å². The Morgan fingerprint density at radius 2 is 1.87 bits per heavy atom. The average molecular weight is 515 g/mol. The first-order chi connectivity index (χ1) is 18.4. The summed E-state index contributed by atoms with van der Waals surface area (Å²) >= 11 is 0. The first-order valence-electron chi connectivity index (χ1n) is 13.3. The van der Waals surface area contributed by atoms with E-state index in [4.69, 9.17) is 4.52 Å². The molecule has 0 N–H and O–H groups in total. The van der Waals surface area contributed by atoms with Crippen LogP contribution in [0.5, 0.6) is 0 Å². The summed E-state index contributed by atoms with van der Waals surface area (Å²) in [5.41, 5.74) is 4.19. The Hall–Kier alpha value is -3.88. The lowest BCUT2D eigenvalue weighted by atomic mass is 9.95. The Balaban J connectivity index is 1.30. The van der Waals surface area contributed by atoms with Gasteiger partial charge in [-0.3, -0.25) is 4.79 Å². The van der Waals surface area contributed by atoms with E-state index in [9.17, 15) is 4.79 Å². The van der Waals surface area contributed by atoms with Crippen LogP contribution in [0, 0.1) is 12.7 Å². The predicted octanol–water partition coefficient (Wildman–Crippen LogP) is 5.76. The number of nitrogens with zero attached hydrogens (tertiary/aromatic N) is 6. The van der Waals surface area contributed by atoms with Gasteiger partial charge in [0, 0.05) is 54.5 Å². The highest BCUT2D eigenvalue weighted by Crippen LogP contribution is 2.37. The quantitative estimate of drug-likeness (QED) is 0.334. The molecule has 0 bridgehead atoms. The molecule has 2 aromatic carbocycles. The number of benzene rings is 2. The standard InChI is InChI=1S/C29H31FN6O2/c1-17(2)29-33-27(34-38-29)19-8-11-35(12-9-19)28-24-15-20(30)14-23(26(24)31-16-32-28)22-7-6-21(13-18(22)3)36-10-4-5-25(36)37/h6-7,13-17,19H,4-5,8-12H2,1-3H3. The monoisotopic (exact) mass is 514 g/mol.